The fourth-order valence-electron chi connectivity index (χ4n) is 2.30. The lowest BCUT2D eigenvalue weighted by Gasteiger charge is -2.15. The first-order valence-electron chi connectivity index (χ1n) is 8.64. The number of furan rings is 1. The van der Waals surface area contributed by atoms with Gasteiger partial charge in [-0.25, -0.2) is 0 Å². The lowest BCUT2D eigenvalue weighted by molar-refractivity contribution is 0.208. The minimum absolute atomic E-state index is 0.553. The number of hydrogen-bond donors (Lipinski definition) is 2. The van der Waals surface area contributed by atoms with Crippen LogP contribution in [0.5, 0.6) is 11.5 Å². The second kappa shape index (κ2) is 11.0. The number of nitrogens with zero attached hydrogens (tertiary/aromatic N) is 1. The number of anilines is 1. The maximum atomic E-state index is 5.55. The van der Waals surface area contributed by atoms with Gasteiger partial charge in [0.1, 0.15) is 5.76 Å². The average Bonchev–Trinajstić information content (AvgIpc) is 3.16. The third-order valence-electron chi connectivity index (χ3n) is 3.54. The number of rotatable bonds is 10. The molecule has 0 aliphatic rings. The third-order valence-corrected chi connectivity index (χ3v) is 3.54. The van der Waals surface area contributed by atoms with E-state index in [-0.39, 0.29) is 0 Å². The number of aliphatic imine (C=N–C) groups is 1. The van der Waals surface area contributed by atoms with Gasteiger partial charge in [0.25, 0.3) is 0 Å². The van der Waals surface area contributed by atoms with Gasteiger partial charge in [0, 0.05) is 31.8 Å². The van der Waals surface area contributed by atoms with Crippen LogP contribution in [0.1, 0.15) is 12.7 Å². The van der Waals surface area contributed by atoms with Crippen LogP contribution in [0.2, 0.25) is 0 Å². The molecule has 7 heteroatoms. The van der Waals surface area contributed by atoms with E-state index in [0.29, 0.717) is 43.8 Å². The molecule has 0 atom stereocenters. The van der Waals surface area contributed by atoms with Crippen molar-refractivity contribution in [2.24, 2.45) is 4.99 Å². The van der Waals surface area contributed by atoms with E-state index < -0.39 is 0 Å². The van der Waals surface area contributed by atoms with Crippen molar-refractivity contribution in [3.8, 4) is 11.5 Å². The van der Waals surface area contributed by atoms with Crippen LogP contribution in [0.3, 0.4) is 0 Å². The van der Waals surface area contributed by atoms with Crippen molar-refractivity contribution >= 4 is 11.6 Å². The summed E-state index contributed by atoms with van der Waals surface area (Å²) in [5, 5.41) is 6.57. The maximum Gasteiger partial charge on any atom is 0.195 e. The van der Waals surface area contributed by atoms with Crippen LogP contribution in [-0.4, -0.2) is 46.5 Å². The Kier molecular flexibility index (Phi) is 8.35. The monoisotopic (exact) mass is 361 g/mol. The van der Waals surface area contributed by atoms with Gasteiger partial charge in [0.15, 0.2) is 17.5 Å². The normalized spacial score (nSPS) is 11.3. The van der Waals surface area contributed by atoms with E-state index in [1.165, 1.54) is 0 Å². The Hall–Kier alpha value is -2.67. The standard InChI is InChI=1S/C19H27N3O4/c1-4-25-17-8-7-15(14-18(17)24-3)22-19(21-11-13-23-2)20-10-9-16-6-5-12-26-16/h5-8,12,14H,4,9-11,13H2,1-3H3,(H2,20,21,22). The summed E-state index contributed by atoms with van der Waals surface area (Å²) in [5.74, 6) is 2.98. The van der Waals surface area contributed by atoms with E-state index in [9.17, 15) is 0 Å². The molecule has 1 aromatic heterocycles. The molecular formula is C19H27N3O4. The molecule has 1 heterocycles. The van der Waals surface area contributed by atoms with Crippen LogP contribution in [-0.2, 0) is 11.2 Å². The first-order valence-corrected chi connectivity index (χ1v) is 8.64. The zero-order valence-corrected chi connectivity index (χ0v) is 15.6. The SMILES string of the molecule is CCOc1ccc(NC(=NCCOC)NCCc2ccco2)cc1OC. The number of nitrogens with one attached hydrogen (secondary N) is 2. The van der Waals surface area contributed by atoms with Crippen LogP contribution in [0.15, 0.2) is 46.0 Å². The Labute approximate surface area is 154 Å². The minimum Gasteiger partial charge on any atom is -0.493 e. The molecule has 0 spiro atoms. The highest BCUT2D eigenvalue weighted by atomic mass is 16.5. The van der Waals surface area contributed by atoms with Crippen LogP contribution in [0.4, 0.5) is 5.69 Å². The van der Waals surface area contributed by atoms with E-state index in [1.54, 1.807) is 20.5 Å². The lowest BCUT2D eigenvalue weighted by atomic mass is 10.2. The molecule has 7 nitrogen and oxygen atoms in total. The highest BCUT2D eigenvalue weighted by molar-refractivity contribution is 5.94. The van der Waals surface area contributed by atoms with Gasteiger partial charge in [-0.3, -0.25) is 4.99 Å². The smallest absolute Gasteiger partial charge is 0.195 e. The fourth-order valence-corrected chi connectivity index (χ4v) is 2.30. The molecule has 2 rings (SSSR count). The van der Waals surface area contributed by atoms with E-state index in [0.717, 1.165) is 17.9 Å². The second-order valence-electron chi connectivity index (χ2n) is 5.40. The zero-order valence-electron chi connectivity index (χ0n) is 15.6. The average molecular weight is 361 g/mol. The summed E-state index contributed by atoms with van der Waals surface area (Å²) in [4.78, 5) is 4.51. The quantitative estimate of drug-likeness (QED) is 0.385. The summed E-state index contributed by atoms with van der Waals surface area (Å²) < 4.78 is 21.4. The minimum atomic E-state index is 0.553. The predicted octanol–water partition coefficient (Wildman–Crippen LogP) is 2.93. The van der Waals surface area contributed by atoms with Gasteiger partial charge in [-0.15, -0.1) is 0 Å². The molecule has 0 saturated carbocycles. The molecule has 142 valence electrons. The summed E-state index contributed by atoms with van der Waals surface area (Å²) in [5.41, 5.74) is 0.854. The first kappa shape index (κ1) is 19.7. The van der Waals surface area contributed by atoms with Gasteiger partial charge < -0.3 is 29.3 Å². The van der Waals surface area contributed by atoms with Gasteiger partial charge in [0.05, 0.1) is 33.1 Å². The van der Waals surface area contributed by atoms with E-state index >= 15 is 0 Å². The molecule has 0 radical (unpaired) electrons. The van der Waals surface area contributed by atoms with E-state index in [2.05, 4.69) is 15.6 Å². The van der Waals surface area contributed by atoms with Crippen molar-refractivity contribution in [3.63, 3.8) is 0 Å². The molecule has 2 aromatic rings. The van der Waals surface area contributed by atoms with Gasteiger partial charge in [-0.2, -0.15) is 0 Å². The summed E-state index contributed by atoms with van der Waals surface area (Å²) in [6.07, 6.45) is 2.44. The molecule has 26 heavy (non-hydrogen) atoms. The largest absolute Gasteiger partial charge is 0.493 e. The lowest BCUT2D eigenvalue weighted by Crippen LogP contribution is -2.32. The molecular weight excluding hydrogens is 334 g/mol. The van der Waals surface area contributed by atoms with Gasteiger partial charge in [-0.1, -0.05) is 0 Å². The van der Waals surface area contributed by atoms with Crippen molar-refractivity contribution in [3.05, 3.63) is 42.4 Å². The summed E-state index contributed by atoms with van der Waals surface area (Å²) in [6.45, 7) is 4.33. The molecule has 0 aliphatic carbocycles. The zero-order chi connectivity index (χ0) is 18.6. The van der Waals surface area contributed by atoms with Crippen molar-refractivity contribution in [1.29, 1.82) is 0 Å². The highest BCUT2D eigenvalue weighted by Gasteiger charge is 2.07. The van der Waals surface area contributed by atoms with Crippen LogP contribution in [0, 0.1) is 0 Å². The van der Waals surface area contributed by atoms with Gasteiger partial charge in [0.2, 0.25) is 0 Å². The molecule has 0 fully saturated rings. The number of guanidine groups is 1. The summed E-state index contributed by atoms with van der Waals surface area (Å²) in [6, 6.07) is 9.51. The maximum absolute atomic E-state index is 5.55. The molecule has 0 saturated heterocycles. The van der Waals surface area contributed by atoms with Crippen molar-refractivity contribution in [2.45, 2.75) is 13.3 Å². The number of benzene rings is 1. The third kappa shape index (κ3) is 6.33. The highest BCUT2D eigenvalue weighted by Crippen LogP contribution is 2.30. The van der Waals surface area contributed by atoms with Crippen molar-refractivity contribution in [2.75, 3.05) is 45.8 Å². The molecule has 0 bridgehead atoms. The molecule has 1 aromatic carbocycles. The molecule has 0 amide bonds. The van der Waals surface area contributed by atoms with Crippen molar-refractivity contribution in [1.82, 2.24) is 5.32 Å². The second-order valence-corrected chi connectivity index (χ2v) is 5.40. The Balaban J connectivity index is 2.01. The predicted molar refractivity (Wildman–Crippen MR) is 102 cm³/mol. The Morgan fingerprint density at radius 3 is 2.77 bits per heavy atom. The topological polar surface area (TPSA) is 77.2 Å². The van der Waals surface area contributed by atoms with Gasteiger partial charge >= 0.3 is 0 Å². The Bertz CT molecular complexity index is 671. The number of hydrogen-bond acceptors (Lipinski definition) is 5. The van der Waals surface area contributed by atoms with E-state index in [4.69, 9.17) is 18.6 Å². The summed E-state index contributed by atoms with van der Waals surface area (Å²) in [7, 11) is 3.28. The fraction of sp³-hybridized carbons (Fsp3) is 0.421. The molecule has 2 N–H and O–H groups in total. The van der Waals surface area contributed by atoms with E-state index in [1.807, 2.05) is 37.3 Å². The van der Waals surface area contributed by atoms with Gasteiger partial charge in [-0.05, 0) is 31.2 Å². The van der Waals surface area contributed by atoms with Crippen molar-refractivity contribution < 1.29 is 18.6 Å². The number of methoxy groups -OCH3 is 2. The summed E-state index contributed by atoms with van der Waals surface area (Å²) >= 11 is 0. The molecule has 0 unspecified atom stereocenters. The van der Waals surface area contributed by atoms with Crippen LogP contribution >= 0.6 is 0 Å². The Morgan fingerprint density at radius 2 is 2.08 bits per heavy atom. The number of ether oxygens (including phenoxy) is 3. The molecule has 0 aliphatic heterocycles. The van der Waals surface area contributed by atoms with Crippen LogP contribution in [0.25, 0.3) is 0 Å². The first-order chi connectivity index (χ1) is 12.8. The van der Waals surface area contributed by atoms with Crippen LogP contribution < -0.4 is 20.1 Å². The Morgan fingerprint density at radius 1 is 1.19 bits per heavy atom.